The zero-order chi connectivity index (χ0) is 43.1. The van der Waals surface area contributed by atoms with Crippen LogP contribution in [0.1, 0.15) is 0 Å². The third kappa shape index (κ3) is 6.78. The molecule has 0 N–H and O–H groups in total. The molecule has 12 rings (SSSR count). The molecule has 0 unspecified atom stereocenters. The maximum Gasteiger partial charge on any atom is 0.143 e. The number of anilines is 6. The van der Waals surface area contributed by atoms with Crippen molar-refractivity contribution >= 4 is 77.6 Å². The number of rotatable bonds is 9. The molecule has 0 saturated heterocycles. The number of hydrogen-bond acceptors (Lipinski definition) is 3. The smallest absolute Gasteiger partial charge is 0.143 e. The fourth-order valence-electron chi connectivity index (χ4n) is 9.63. The molecular formula is C62H42N2O. The van der Waals surface area contributed by atoms with E-state index in [9.17, 15) is 0 Å². The molecule has 1 heterocycles. The fourth-order valence-corrected chi connectivity index (χ4v) is 9.63. The van der Waals surface area contributed by atoms with E-state index in [1.54, 1.807) is 0 Å². The van der Waals surface area contributed by atoms with Crippen LogP contribution >= 0.6 is 0 Å². The zero-order valence-electron chi connectivity index (χ0n) is 35.6. The lowest BCUT2D eigenvalue weighted by Crippen LogP contribution is -2.11. The van der Waals surface area contributed by atoms with Crippen molar-refractivity contribution in [2.75, 3.05) is 9.80 Å². The van der Waals surface area contributed by atoms with E-state index in [2.05, 4.69) is 265 Å². The average molecular weight is 831 g/mol. The van der Waals surface area contributed by atoms with Gasteiger partial charge >= 0.3 is 0 Å². The van der Waals surface area contributed by atoms with Crippen LogP contribution in [0.4, 0.5) is 34.1 Å². The molecule has 306 valence electrons. The molecule has 12 aromatic rings. The van der Waals surface area contributed by atoms with Crippen molar-refractivity contribution in [1.82, 2.24) is 0 Å². The summed E-state index contributed by atoms with van der Waals surface area (Å²) in [6.07, 6.45) is 0. The largest absolute Gasteiger partial charge is 0.455 e. The van der Waals surface area contributed by atoms with Crippen molar-refractivity contribution in [2.45, 2.75) is 0 Å². The van der Waals surface area contributed by atoms with Crippen molar-refractivity contribution < 1.29 is 4.42 Å². The highest BCUT2D eigenvalue weighted by Gasteiger charge is 2.22. The summed E-state index contributed by atoms with van der Waals surface area (Å²) >= 11 is 0. The Bertz CT molecular complexity index is 3640. The molecule has 0 atom stereocenters. The summed E-state index contributed by atoms with van der Waals surface area (Å²) in [6.45, 7) is 0. The zero-order valence-corrected chi connectivity index (χ0v) is 35.6. The van der Waals surface area contributed by atoms with Gasteiger partial charge in [0, 0.05) is 56.1 Å². The van der Waals surface area contributed by atoms with Gasteiger partial charge in [-0.25, -0.2) is 0 Å². The van der Waals surface area contributed by atoms with Gasteiger partial charge in [-0.3, -0.25) is 0 Å². The van der Waals surface area contributed by atoms with Crippen LogP contribution in [0.25, 0.3) is 76.9 Å². The third-order valence-electron chi connectivity index (χ3n) is 12.6. The first-order valence-corrected chi connectivity index (χ1v) is 22.2. The third-order valence-corrected chi connectivity index (χ3v) is 12.6. The first-order valence-electron chi connectivity index (χ1n) is 22.2. The van der Waals surface area contributed by atoms with Crippen LogP contribution in [0.2, 0.25) is 0 Å². The van der Waals surface area contributed by atoms with Crippen LogP contribution in [0.15, 0.2) is 259 Å². The number of furan rings is 1. The summed E-state index contributed by atoms with van der Waals surface area (Å²) in [4.78, 5) is 4.69. The molecule has 11 aromatic carbocycles. The van der Waals surface area contributed by atoms with Gasteiger partial charge in [-0.05, 0) is 111 Å². The molecule has 0 bridgehead atoms. The van der Waals surface area contributed by atoms with Gasteiger partial charge in [-0.2, -0.15) is 0 Å². The quantitative estimate of drug-likeness (QED) is 0.135. The van der Waals surface area contributed by atoms with Gasteiger partial charge in [0.2, 0.25) is 0 Å². The molecule has 0 aliphatic carbocycles. The van der Waals surface area contributed by atoms with E-state index < -0.39 is 0 Å². The maximum atomic E-state index is 7.03. The number of benzene rings is 11. The fraction of sp³-hybridized carbons (Fsp3) is 0. The molecule has 0 amide bonds. The van der Waals surface area contributed by atoms with Crippen molar-refractivity contribution in [3.8, 4) is 33.4 Å². The van der Waals surface area contributed by atoms with Gasteiger partial charge in [0.1, 0.15) is 11.2 Å². The van der Waals surface area contributed by atoms with Crippen molar-refractivity contribution in [2.24, 2.45) is 0 Å². The second kappa shape index (κ2) is 16.2. The van der Waals surface area contributed by atoms with Crippen molar-refractivity contribution in [1.29, 1.82) is 0 Å². The normalized spacial score (nSPS) is 11.4. The van der Waals surface area contributed by atoms with Crippen LogP contribution in [0, 0.1) is 0 Å². The molecule has 1 aromatic heterocycles. The summed E-state index contributed by atoms with van der Waals surface area (Å²) in [5.41, 5.74) is 15.3. The number of hydrogen-bond donors (Lipinski definition) is 0. The summed E-state index contributed by atoms with van der Waals surface area (Å²) in [6, 6.07) is 91.0. The SMILES string of the molecule is c1ccc(-c2ccccc2N(c2ccccc2)c2ccc(-c3ccc4c(c3)c3ccccc3c3c5ccc(N(c6ccccc6)c6ccccc6-c6ccccc6)cc5oc43)cc2)cc1. The van der Waals surface area contributed by atoms with E-state index >= 15 is 0 Å². The highest BCUT2D eigenvalue weighted by atomic mass is 16.3. The lowest BCUT2D eigenvalue weighted by Gasteiger charge is -2.28. The summed E-state index contributed by atoms with van der Waals surface area (Å²) in [5, 5.41) is 6.88. The molecule has 0 spiro atoms. The Balaban J connectivity index is 0.969. The monoisotopic (exact) mass is 830 g/mol. The summed E-state index contributed by atoms with van der Waals surface area (Å²) in [7, 11) is 0. The highest BCUT2D eigenvalue weighted by Crippen LogP contribution is 2.46. The first-order chi connectivity index (χ1) is 32.3. The van der Waals surface area contributed by atoms with Crippen LogP contribution in [-0.4, -0.2) is 0 Å². The molecule has 0 aliphatic heterocycles. The minimum absolute atomic E-state index is 0.852. The van der Waals surface area contributed by atoms with E-state index in [0.717, 1.165) is 78.1 Å². The van der Waals surface area contributed by atoms with Gasteiger partial charge in [-0.1, -0.05) is 176 Å². The lowest BCUT2D eigenvalue weighted by molar-refractivity contribution is 0.673. The standard InChI is InChI=1S/C62H42N2O/c1-5-19-44(20-6-1)51-27-15-17-31-58(51)63(47-23-9-3-10-24-47)49-36-33-43(34-37-49)46-35-39-55-57(41-46)53-29-13-14-30-54(53)61-56-40-38-50(42-60(56)65-62(55)61)64(48-25-11-4-12-26-48)59-32-18-16-28-52(59)45-21-7-2-8-22-45/h1-42H. The Morgan fingerprint density at radius 3 is 1.31 bits per heavy atom. The Labute approximate surface area is 378 Å². The second-order valence-corrected chi connectivity index (χ2v) is 16.4. The van der Waals surface area contributed by atoms with Crippen LogP contribution in [0.5, 0.6) is 0 Å². The van der Waals surface area contributed by atoms with Gasteiger partial charge in [0.25, 0.3) is 0 Å². The first kappa shape index (κ1) is 38.0. The lowest BCUT2D eigenvalue weighted by atomic mass is 9.94. The molecule has 0 fully saturated rings. The van der Waals surface area contributed by atoms with E-state index in [1.807, 2.05) is 0 Å². The molecule has 0 radical (unpaired) electrons. The maximum absolute atomic E-state index is 7.03. The van der Waals surface area contributed by atoms with E-state index in [4.69, 9.17) is 4.42 Å². The molecule has 65 heavy (non-hydrogen) atoms. The van der Waals surface area contributed by atoms with E-state index in [0.29, 0.717) is 0 Å². The van der Waals surface area contributed by atoms with Crippen molar-refractivity contribution in [3.05, 3.63) is 255 Å². The molecule has 3 heteroatoms. The predicted octanol–water partition coefficient (Wildman–Crippen LogP) is 17.8. The van der Waals surface area contributed by atoms with E-state index in [-0.39, 0.29) is 0 Å². The molecule has 3 nitrogen and oxygen atoms in total. The van der Waals surface area contributed by atoms with Gasteiger partial charge < -0.3 is 14.2 Å². The van der Waals surface area contributed by atoms with Gasteiger partial charge in [0.05, 0.1) is 11.4 Å². The summed E-state index contributed by atoms with van der Waals surface area (Å²) in [5.74, 6) is 0. The Kier molecular flexibility index (Phi) is 9.50. The Morgan fingerprint density at radius 2 is 0.708 bits per heavy atom. The molecular weight excluding hydrogens is 789 g/mol. The van der Waals surface area contributed by atoms with Crippen LogP contribution in [0.3, 0.4) is 0 Å². The van der Waals surface area contributed by atoms with Gasteiger partial charge in [-0.15, -0.1) is 0 Å². The van der Waals surface area contributed by atoms with Crippen LogP contribution in [-0.2, 0) is 0 Å². The molecule has 0 saturated carbocycles. The van der Waals surface area contributed by atoms with E-state index in [1.165, 1.54) is 32.8 Å². The Morgan fingerprint density at radius 1 is 0.262 bits per heavy atom. The minimum Gasteiger partial charge on any atom is -0.455 e. The van der Waals surface area contributed by atoms with Gasteiger partial charge in [0.15, 0.2) is 0 Å². The number of fused-ring (bicyclic) bond motifs is 8. The predicted molar refractivity (Wildman–Crippen MR) is 274 cm³/mol. The second-order valence-electron chi connectivity index (χ2n) is 16.4. The highest BCUT2D eigenvalue weighted by molar-refractivity contribution is 6.30. The Hall–Kier alpha value is -8.66. The minimum atomic E-state index is 0.852. The number of para-hydroxylation sites is 4. The number of nitrogens with zero attached hydrogens (tertiary/aromatic N) is 2. The topological polar surface area (TPSA) is 19.6 Å². The van der Waals surface area contributed by atoms with Crippen LogP contribution < -0.4 is 9.80 Å². The molecule has 0 aliphatic rings. The van der Waals surface area contributed by atoms with Crippen molar-refractivity contribution in [3.63, 3.8) is 0 Å². The summed E-state index contributed by atoms with van der Waals surface area (Å²) < 4.78 is 7.03. The average Bonchev–Trinajstić information content (AvgIpc) is 3.78.